The number of imide groups is 2. The molecule has 10 heteroatoms. The van der Waals surface area contributed by atoms with E-state index in [1.54, 1.807) is 49.4 Å². The van der Waals surface area contributed by atoms with Crippen molar-refractivity contribution in [2.75, 3.05) is 0 Å². The number of fused-ring (bicyclic) bond motifs is 3. The van der Waals surface area contributed by atoms with E-state index in [0.29, 0.717) is 34.8 Å². The van der Waals surface area contributed by atoms with Gasteiger partial charge in [0.1, 0.15) is 11.6 Å². The number of imidazole rings is 1. The fourth-order valence-corrected chi connectivity index (χ4v) is 5.19. The highest BCUT2D eigenvalue weighted by atomic mass is 35.5. The van der Waals surface area contributed by atoms with E-state index in [-0.39, 0.29) is 5.82 Å². The van der Waals surface area contributed by atoms with Crippen LogP contribution in [0.1, 0.15) is 41.6 Å². The lowest BCUT2D eigenvalue weighted by atomic mass is 9.75. The molecule has 40 heavy (non-hydrogen) atoms. The second-order valence-electron chi connectivity index (χ2n) is 9.30. The quantitative estimate of drug-likeness (QED) is 0.345. The topological polar surface area (TPSA) is 105 Å². The Kier molecular flexibility index (Phi) is 7.32. The van der Waals surface area contributed by atoms with Crippen molar-refractivity contribution in [3.63, 3.8) is 0 Å². The van der Waals surface area contributed by atoms with E-state index in [2.05, 4.69) is 20.6 Å². The molecular formula is C30H25ClFN5O3. The summed E-state index contributed by atoms with van der Waals surface area (Å²) < 4.78 is 16.3. The SMILES string of the molecule is CCC1(c2ccccc2)C(=O)NC(=O)NC1=O.Cc1ncc2n1-c1ccc(Cl)cc1C(c1ccccc1F)=NC2. The molecule has 4 amide bonds. The largest absolute Gasteiger partial charge is 0.328 e. The third-order valence-electron chi connectivity index (χ3n) is 7.02. The Morgan fingerprint density at radius 3 is 2.30 bits per heavy atom. The van der Waals surface area contributed by atoms with Gasteiger partial charge in [-0.25, -0.2) is 14.2 Å². The van der Waals surface area contributed by atoms with Crippen molar-refractivity contribution >= 4 is 35.2 Å². The van der Waals surface area contributed by atoms with Gasteiger partial charge in [0, 0.05) is 16.1 Å². The minimum absolute atomic E-state index is 0.293. The summed E-state index contributed by atoms with van der Waals surface area (Å²) in [5.74, 6) is -0.563. The minimum atomic E-state index is -1.31. The number of urea groups is 1. The molecule has 1 saturated heterocycles. The molecule has 1 aromatic heterocycles. The molecule has 3 heterocycles. The standard InChI is InChI=1S/C18H13ClFN3.C12H12N2O3/c1-11-21-9-13-10-22-18(14-4-2-3-5-16(14)20)15-8-12(19)6-7-17(15)23(11)13;1-2-12(8-6-4-3-5-7-8)9(15)13-11(17)14-10(12)16/h2-9H,10H2,1H3;3-7H,2H2,1H3,(H2,13,14,15,16,17). The first-order chi connectivity index (χ1) is 19.3. The first-order valence-electron chi connectivity index (χ1n) is 12.6. The van der Waals surface area contributed by atoms with Gasteiger partial charge in [-0.2, -0.15) is 0 Å². The zero-order valence-electron chi connectivity index (χ0n) is 21.7. The minimum Gasteiger partial charge on any atom is -0.298 e. The first kappa shape index (κ1) is 27.0. The molecule has 0 atom stereocenters. The van der Waals surface area contributed by atoms with E-state index in [0.717, 1.165) is 22.8 Å². The van der Waals surface area contributed by atoms with Crippen LogP contribution < -0.4 is 10.6 Å². The predicted octanol–water partition coefficient (Wildman–Crippen LogP) is 5.02. The Morgan fingerprint density at radius 2 is 1.62 bits per heavy atom. The Bertz CT molecular complexity index is 1650. The molecule has 0 spiro atoms. The molecule has 2 aliphatic heterocycles. The van der Waals surface area contributed by atoms with Gasteiger partial charge in [-0.3, -0.25) is 29.8 Å². The maximum Gasteiger partial charge on any atom is 0.328 e. The third kappa shape index (κ3) is 4.69. The smallest absolute Gasteiger partial charge is 0.298 e. The number of hydrogen-bond donors (Lipinski definition) is 2. The summed E-state index contributed by atoms with van der Waals surface area (Å²) in [5, 5.41) is 4.87. The average Bonchev–Trinajstić information content (AvgIpc) is 3.22. The summed E-state index contributed by atoms with van der Waals surface area (Å²) in [6.45, 7) is 4.12. The Morgan fingerprint density at radius 1 is 0.950 bits per heavy atom. The average molecular weight is 558 g/mol. The van der Waals surface area contributed by atoms with Gasteiger partial charge in [0.2, 0.25) is 11.8 Å². The van der Waals surface area contributed by atoms with Gasteiger partial charge < -0.3 is 0 Å². The number of nitrogens with one attached hydrogen (secondary N) is 2. The number of nitrogens with zero attached hydrogens (tertiary/aromatic N) is 3. The van der Waals surface area contributed by atoms with Gasteiger partial charge in [-0.1, -0.05) is 61.0 Å². The van der Waals surface area contributed by atoms with Crippen LogP contribution in [-0.4, -0.2) is 33.1 Å². The molecule has 8 nitrogen and oxygen atoms in total. The van der Waals surface area contributed by atoms with Crippen LogP contribution in [0.15, 0.2) is 84.0 Å². The van der Waals surface area contributed by atoms with Crippen LogP contribution >= 0.6 is 11.6 Å². The normalized spacial score (nSPS) is 15.4. The zero-order chi connectivity index (χ0) is 28.4. The highest BCUT2D eigenvalue weighted by molar-refractivity contribution is 6.31. The second kappa shape index (κ2) is 10.9. The van der Waals surface area contributed by atoms with E-state index in [9.17, 15) is 18.8 Å². The number of aromatic nitrogens is 2. The number of amides is 4. The summed E-state index contributed by atoms with van der Waals surface area (Å²) in [5.41, 5.74) is 3.06. The van der Waals surface area contributed by atoms with Gasteiger partial charge in [0.15, 0.2) is 5.41 Å². The predicted molar refractivity (Wildman–Crippen MR) is 149 cm³/mol. The molecular weight excluding hydrogens is 533 g/mol. The van der Waals surface area contributed by atoms with Crippen molar-refractivity contribution in [1.82, 2.24) is 20.2 Å². The van der Waals surface area contributed by atoms with Gasteiger partial charge in [0.05, 0.1) is 29.8 Å². The molecule has 0 radical (unpaired) electrons. The van der Waals surface area contributed by atoms with Crippen LogP contribution in [0.25, 0.3) is 5.69 Å². The number of halogens is 2. The van der Waals surface area contributed by atoms with Crippen LogP contribution in [-0.2, 0) is 21.5 Å². The maximum absolute atomic E-state index is 14.3. The van der Waals surface area contributed by atoms with Crippen molar-refractivity contribution in [3.05, 3.63) is 118 Å². The molecule has 4 aromatic rings. The molecule has 0 bridgehead atoms. The number of aliphatic imine (C=N–C) groups is 1. The summed E-state index contributed by atoms with van der Waals surface area (Å²) in [6.07, 6.45) is 2.10. The monoisotopic (exact) mass is 557 g/mol. The fourth-order valence-electron chi connectivity index (χ4n) is 5.02. The zero-order valence-corrected chi connectivity index (χ0v) is 22.5. The van der Waals surface area contributed by atoms with Crippen LogP contribution in [0.4, 0.5) is 9.18 Å². The van der Waals surface area contributed by atoms with Gasteiger partial charge in [-0.05, 0) is 49.2 Å². The number of rotatable bonds is 3. The lowest BCUT2D eigenvalue weighted by molar-refractivity contribution is -0.138. The Balaban J connectivity index is 0.000000170. The molecule has 2 aliphatic rings. The lowest BCUT2D eigenvalue weighted by Gasteiger charge is -2.33. The fraction of sp³-hybridized carbons (Fsp3) is 0.167. The maximum atomic E-state index is 14.3. The van der Waals surface area contributed by atoms with Crippen molar-refractivity contribution in [3.8, 4) is 5.69 Å². The van der Waals surface area contributed by atoms with Crippen molar-refractivity contribution in [1.29, 1.82) is 0 Å². The number of aryl methyl sites for hydroxylation is 1. The molecule has 0 unspecified atom stereocenters. The van der Waals surface area contributed by atoms with Gasteiger partial charge in [0.25, 0.3) is 0 Å². The van der Waals surface area contributed by atoms with Crippen molar-refractivity contribution in [2.24, 2.45) is 4.99 Å². The Hall–Kier alpha value is -4.63. The van der Waals surface area contributed by atoms with Crippen LogP contribution in [0.5, 0.6) is 0 Å². The molecule has 2 N–H and O–H groups in total. The summed E-state index contributed by atoms with van der Waals surface area (Å²) in [7, 11) is 0. The molecule has 0 aliphatic carbocycles. The highest BCUT2D eigenvalue weighted by Gasteiger charge is 2.50. The lowest BCUT2D eigenvalue weighted by Crippen LogP contribution is -2.64. The van der Waals surface area contributed by atoms with E-state index >= 15 is 0 Å². The number of carbonyl (C=O) groups excluding carboxylic acids is 3. The summed E-state index contributed by atoms with van der Waals surface area (Å²) in [6, 6.07) is 20.2. The van der Waals surface area contributed by atoms with E-state index < -0.39 is 23.3 Å². The van der Waals surface area contributed by atoms with Crippen LogP contribution in [0.3, 0.4) is 0 Å². The van der Waals surface area contributed by atoms with E-state index in [4.69, 9.17) is 11.6 Å². The van der Waals surface area contributed by atoms with Crippen molar-refractivity contribution < 1.29 is 18.8 Å². The molecule has 1 fully saturated rings. The highest BCUT2D eigenvalue weighted by Crippen LogP contribution is 2.31. The van der Waals surface area contributed by atoms with E-state index in [1.165, 1.54) is 6.07 Å². The van der Waals surface area contributed by atoms with Crippen LogP contribution in [0, 0.1) is 12.7 Å². The number of benzene rings is 3. The van der Waals surface area contributed by atoms with E-state index in [1.807, 2.05) is 42.0 Å². The second-order valence-corrected chi connectivity index (χ2v) is 9.74. The Labute approximate surface area is 234 Å². The summed E-state index contributed by atoms with van der Waals surface area (Å²) >= 11 is 6.19. The van der Waals surface area contributed by atoms with Crippen molar-refractivity contribution in [2.45, 2.75) is 32.2 Å². The molecule has 3 aromatic carbocycles. The van der Waals surface area contributed by atoms with Gasteiger partial charge >= 0.3 is 6.03 Å². The summed E-state index contributed by atoms with van der Waals surface area (Å²) in [4.78, 5) is 44.0. The van der Waals surface area contributed by atoms with Gasteiger partial charge in [-0.15, -0.1) is 0 Å². The third-order valence-corrected chi connectivity index (χ3v) is 7.26. The number of carbonyl (C=O) groups is 3. The first-order valence-corrected chi connectivity index (χ1v) is 13.0. The number of hydrogen-bond acceptors (Lipinski definition) is 5. The molecule has 6 rings (SSSR count). The molecule has 0 saturated carbocycles. The van der Waals surface area contributed by atoms with Crippen LogP contribution in [0.2, 0.25) is 5.02 Å². The number of barbiturate groups is 1. The molecule has 202 valence electrons.